The van der Waals surface area contributed by atoms with E-state index in [0.717, 1.165) is 49.7 Å². The van der Waals surface area contributed by atoms with Gasteiger partial charge >= 0.3 is 11.9 Å². The first-order chi connectivity index (χ1) is 19.5. The number of hydrogen-bond donors (Lipinski definition) is 0. The average molecular weight is 533 g/mol. The average Bonchev–Trinajstić information content (AvgIpc) is 3.31. The minimum absolute atomic E-state index is 0.0233. The number of hydrogen-bond acceptors (Lipinski definition) is 4. The zero-order valence-electron chi connectivity index (χ0n) is 23.0. The van der Waals surface area contributed by atoms with E-state index in [0.29, 0.717) is 23.5 Å². The van der Waals surface area contributed by atoms with Gasteiger partial charge in [-0.3, -0.25) is 0 Å². The number of carbonyl (C=O) groups excluding carboxylic acids is 2. The molecule has 40 heavy (non-hydrogen) atoms. The summed E-state index contributed by atoms with van der Waals surface area (Å²) in [6.07, 6.45) is 12.9. The molecule has 0 amide bonds. The summed E-state index contributed by atoms with van der Waals surface area (Å²) in [6, 6.07) is 25.8. The normalized spacial score (nSPS) is 27.1. The van der Waals surface area contributed by atoms with Gasteiger partial charge in [-0.2, -0.15) is 0 Å². The molecular formula is C36H36O4. The first-order valence-electron chi connectivity index (χ1n) is 14.5. The van der Waals surface area contributed by atoms with Gasteiger partial charge in [0, 0.05) is 17.6 Å². The minimum Gasteiger partial charge on any atom is -0.459 e. The number of esters is 2. The van der Waals surface area contributed by atoms with Crippen molar-refractivity contribution in [3.8, 4) is 5.75 Å². The molecule has 4 nitrogen and oxygen atoms in total. The second kappa shape index (κ2) is 11.3. The van der Waals surface area contributed by atoms with Gasteiger partial charge < -0.3 is 9.47 Å². The van der Waals surface area contributed by atoms with Crippen LogP contribution in [0.4, 0.5) is 0 Å². The Balaban J connectivity index is 1.10. The zero-order valence-corrected chi connectivity index (χ0v) is 23.0. The summed E-state index contributed by atoms with van der Waals surface area (Å²) in [4.78, 5) is 25.1. The van der Waals surface area contributed by atoms with Crippen molar-refractivity contribution >= 4 is 24.1 Å². The topological polar surface area (TPSA) is 52.6 Å². The van der Waals surface area contributed by atoms with Crippen LogP contribution in [0.3, 0.4) is 0 Å². The fraction of sp³-hybridized carbons (Fsp3) is 0.333. The quantitative estimate of drug-likeness (QED) is 0.185. The molecular weight excluding hydrogens is 496 g/mol. The summed E-state index contributed by atoms with van der Waals surface area (Å²) in [7, 11) is 0. The van der Waals surface area contributed by atoms with E-state index in [2.05, 4.69) is 19.1 Å². The molecule has 5 atom stereocenters. The van der Waals surface area contributed by atoms with Crippen LogP contribution in [0.5, 0.6) is 5.75 Å². The predicted molar refractivity (Wildman–Crippen MR) is 158 cm³/mol. The Morgan fingerprint density at radius 1 is 0.800 bits per heavy atom. The van der Waals surface area contributed by atoms with Crippen molar-refractivity contribution in [3.63, 3.8) is 0 Å². The van der Waals surface area contributed by atoms with Crippen LogP contribution in [0.25, 0.3) is 12.2 Å². The Kier molecular flexibility index (Phi) is 7.42. The molecule has 3 aromatic carbocycles. The summed E-state index contributed by atoms with van der Waals surface area (Å²) in [5.41, 5.74) is 4.69. The van der Waals surface area contributed by atoms with Crippen molar-refractivity contribution in [2.24, 2.45) is 17.3 Å². The lowest BCUT2D eigenvalue weighted by Gasteiger charge is -2.50. The first-order valence-corrected chi connectivity index (χ1v) is 14.5. The van der Waals surface area contributed by atoms with Crippen LogP contribution in [-0.2, 0) is 20.7 Å². The lowest BCUT2D eigenvalue weighted by Crippen LogP contribution is -2.45. The molecule has 6 rings (SSSR count). The van der Waals surface area contributed by atoms with Crippen molar-refractivity contribution in [2.45, 2.75) is 57.5 Å². The molecule has 3 aliphatic carbocycles. The number of carbonyl (C=O) groups is 2. The van der Waals surface area contributed by atoms with Crippen molar-refractivity contribution in [2.75, 3.05) is 0 Å². The van der Waals surface area contributed by atoms with Gasteiger partial charge in [-0.25, -0.2) is 9.59 Å². The molecule has 3 aliphatic rings. The van der Waals surface area contributed by atoms with Gasteiger partial charge in [0.25, 0.3) is 0 Å². The van der Waals surface area contributed by atoms with Crippen molar-refractivity contribution < 1.29 is 19.1 Å². The van der Waals surface area contributed by atoms with Crippen LogP contribution in [0.2, 0.25) is 0 Å². The maximum atomic E-state index is 12.7. The van der Waals surface area contributed by atoms with Crippen LogP contribution >= 0.6 is 0 Å². The molecule has 3 aromatic rings. The third-order valence-corrected chi connectivity index (χ3v) is 9.51. The van der Waals surface area contributed by atoms with Crippen molar-refractivity contribution in [3.05, 3.63) is 113 Å². The predicted octanol–water partition coefficient (Wildman–Crippen LogP) is 7.79. The Morgan fingerprint density at radius 2 is 1.48 bits per heavy atom. The summed E-state index contributed by atoms with van der Waals surface area (Å²) >= 11 is 0. The van der Waals surface area contributed by atoms with E-state index in [9.17, 15) is 9.59 Å². The van der Waals surface area contributed by atoms with E-state index < -0.39 is 0 Å². The fourth-order valence-corrected chi connectivity index (χ4v) is 7.55. The van der Waals surface area contributed by atoms with Crippen molar-refractivity contribution in [1.82, 2.24) is 0 Å². The molecule has 0 unspecified atom stereocenters. The second-order valence-electron chi connectivity index (χ2n) is 11.7. The highest BCUT2D eigenvalue weighted by Gasteiger charge is 2.56. The smallest absolute Gasteiger partial charge is 0.336 e. The molecule has 0 saturated heterocycles. The number of aryl methyl sites for hydroxylation is 1. The van der Waals surface area contributed by atoms with Crippen LogP contribution < -0.4 is 4.74 Å². The molecule has 0 radical (unpaired) electrons. The highest BCUT2D eigenvalue weighted by Crippen LogP contribution is 2.61. The molecule has 0 bridgehead atoms. The summed E-state index contributed by atoms with van der Waals surface area (Å²) < 4.78 is 11.7. The van der Waals surface area contributed by atoms with E-state index in [4.69, 9.17) is 9.47 Å². The third-order valence-electron chi connectivity index (χ3n) is 9.51. The van der Waals surface area contributed by atoms with Crippen LogP contribution in [0, 0.1) is 17.3 Å². The molecule has 0 N–H and O–H groups in total. The van der Waals surface area contributed by atoms with E-state index >= 15 is 0 Å². The zero-order chi connectivity index (χ0) is 27.5. The first kappa shape index (κ1) is 26.3. The Bertz CT molecular complexity index is 1420. The number of fused-ring (bicyclic) bond motifs is 5. The second-order valence-corrected chi connectivity index (χ2v) is 11.7. The Labute approximate surface area is 236 Å². The summed E-state index contributed by atoms with van der Waals surface area (Å²) in [5, 5.41) is 0. The summed E-state index contributed by atoms with van der Waals surface area (Å²) in [6.45, 7) is 2.35. The minimum atomic E-state index is -0.365. The number of benzene rings is 3. The lowest BCUT2D eigenvalue weighted by molar-refractivity contribution is -0.151. The Morgan fingerprint density at radius 3 is 2.17 bits per heavy atom. The van der Waals surface area contributed by atoms with E-state index in [-0.39, 0.29) is 23.5 Å². The maximum absolute atomic E-state index is 12.7. The van der Waals surface area contributed by atoms with Gasteiger partial charge in [0.15, 0.2) is 0 Å². The van der Waals surface area contributed by atoms with Gasteiger partial charge in [0.05, 0.1) is 0 Å². The molecule has 4 heteroatoms. The number of ether oxygens (including phenoxy) is 2. The highest BCUT2D eigenvalue weighted by molar-refractivity contribution is 5.88. The molecule has 0 aliphatic heterocycles. The summed E-state index contributed by atoms with van der Waals surface area (Å²) in [5.74, 6) is 1.66. The van der Waals surface area contributed by atoms with Crippen LogP contribution in [-0.4, -0.2) is 18.0 Å². The van der Waals surface area contributed by atoms with E-state index in [1.165, 1.54) is 17.2 Å². The molecule has 204 valence electrons. The van der Waals surface area contributed by atoms with Gasteiger partial charge in [0.2, 0.25) is 0 Å². The monoisotopic (exact) mass is 532 g/mol. The molecule has 2 fully saturated rings. The van der Waals surface area contributed by atoms with Crippen LogP contribution in [0.15, 0.2) is 91.0 Å². The maximum Gasteiger partial charge on any atom is 0.336 e. The van der Waals surface area contributed by atoms with Gasteiger partial charge in [-0.05, 0) is 103 Å². The highest BCUT2D eigenvalue weighted by atomic mass is 16.5. The third kappa shape index (κ3) is 5.40. The van der Waals surface area contributed by atoms with Gasteiger partial charge in [0.1, 0.15) is 11.9 Å². The molecule has 0 heterocycles. The number of rotatable bonds is 6. The van der Waals surface area contributed by atoms with Crippen LogP contribution in [0.1, 0.15) is 67.2 Å². The molecule has 0 aromatic heterocycles. The molecule has 0 spiro atoms. The van der Waals surface area contributed by atoms with Crippen molar-refractivity contribution in [1.29, 1.82) is 0 Å². The van der Waals surface area contributed by atoms with E-state index in [1.807, 2.05) is 72.8 Å². The molecule has 2 saturated carbocycles. The largest absolute Gasteiger partial charge is 0.459 e. The van der Waals surface area contributed by atoms with Gasteiger partial charge in [-0.1, -0.05) is 73.7 Å². The van der Waals surface area contributed by atoms with E-state index in [1.54, 1.807) is 12.2 Å². The lowest BCUT2D eigenvalue weighted by atomic mass is 9.55. The fourth-order valence-electron chi connectivity index (χ4n) is 7.55. The Hall–Kier alpha value is -3.92. The van der Waals surface area contributed by atoms with Gasteiger partial charge in [-0.15, -0.1) is 0 Å². The standard InChI is InChI=1S/C36H36O4/c1-36-23-22-30-29-17-15-28(39-34(37)20-12-25-8-4-2-5-9-25)24-27(29)14-16-31(30)32(36)18-19-33(36)40-35(38)21-13-26-10-6-3-7-11-26/h2-13,15,17,20-21,24,30-33H,14,16,18-19,22-23H2,1H3/b20-12+,21-13+/t30-,31+,32-,33+,36+/m1/s1. The SMILES string of the molecule is C[C@]12CC[C@@H]3c4ccc(OC(=O)/C=C/c5ccccc5)cc4CC[C@@H]3[C@H]1CC[C@@H]2OC(=O)/C=C/c1ccccc1.